The molecule has 1 aromatic carbocycles. The summed E-state index contributed by atoms with van der Waals surface area (Å²) in [5.74, 6) is 0.433. The van der Waals surface area contributed by atoms with Crippen molar-refractivity contribution < 1.29 is 4.79 Å². The highest BCUT2D eigenvalue weighted by atomic mass is 35.5. The highest BCUT2D eigenvalue weighted by molar-refractivity contribution is 7.20. The molecule has 114 valence electrons. The van der Waals surface area contributed by atoms with Crippen molar-refractivity contribution in [3.05, 3.63) is 52.5 Å². The second-order valence-electron chi connectivity index (χ2n) is 4.89. The first-order valence-electron chi connectivity index (χ1n) is 6.82. The Bertz CT molecular complexity index is 992. The maximum atomic E-state index is 12.2. The zero-order valence-electron chi connectivity index (χ0n) is 11.7. The number of fused-ring (bicyclic) bond motifs is 2. The normalized spacial score (nSPS) is 11.2. The van der Waals surface area contributed by atoms with Gasteiger partial charge in [0, 0.05) is 11.2 Å². The van der Waals surface area contributed by atoms with Crippen molar-refractivity contribution in [1.82, 2.24) is 25.3 Å². The molecule has 0 bridgehead atoms. The summed E-state index contributed by atoms with van der Waals surface area (Å²) in [7, 11) is 0. The predicted octanol–water partition coefficient (Wildman–Crippen LogP) is 3.15. The minimum Gasteiger partial charge on any atom is -0.343 e. The fourth-order valence-electron chi connectivity index (χ4n) is 2.24. The van der Waals surface area contributed by atoms with Gasteiger partial charge < -0.3 is 10.3 Å². The maximum Gasteiger partial charge on any atom is 0.280 e. The third-order valence-corrected chi connectivity index (χ3v) is 4.56. The second-order valence-corrected chi connectivity index (χ2v) is 6.36. The Hall–Kier alpha value is -2.51. The molecule has 3 heterocycles. The molecule has 0 radical (unpaired) electrons. The quantitative estimate of drug-likeness (QED) is 0.598. The molecule has 1 amide bonds. The lowest BCUT2D eigenvalue weighted by molar-refractivity contribution is 0.0950. The second kappa shape index (κ2) is 5.60. The zero-order valence-corrected chi connectivity index (χ0v) is 13.3. The van der Waals surface area contributed by atoms with Gasteiger partial charge in [-0.1, -0.05) is 11.6 Å². The molecule has 4 aromatic rings. The van der Waals surface area contributed by atoms with Crippen molar-refractivity contribution in [3.63, 3.8) is 0 Å². The molecule has 0 fully saturated rings. The number of nitrogens with zero attached hydrogens (tertiary/aromatic N) is 3. The van der Waals surface area contributed by atoms with Crippen LogP contribution < -0.4 is 5.32 Å². The summed E-state index contributed by atoms with van der Waals surface area (Å²) in [5.41, 5.74) is 2.37. The lowest BCUT2D eigenvalue weighted by Gasteiger charge is -1.99. The van der Waals surface area contributed by atoms with Crippen LogP contribution in [0.4, 0.5) is 0 Å². The number of thiazole rings is 1. The number of benzene rings is 1. The number of carbonyl (C=O) groups excluding carboxylic acids is 1. The predicted molar refractivity (Wildman–Crippen MR) is 89.7 cm³/mol. The third kappa shape index (κ3) is 2.76. The molecule has 2 N–H and O–H groups in total. The van der Waals surface area contributed by atoms with Crippen LogP contribution in [0.5, 0.6) is 0 Å². The lowest BCUT2D eigenvalue weighted by atomic mass is 10.3. The summed E-state index contributed by atoms with van der Waals surface area (Å²) >= 11 is 7.28. The Balaban J connectivity index is 1.51. The Kier molecular flexibility index (Phi) is 3.44. The number of halogens is 1. The molecule has 0 aliphatic heterocycles. The highest BCUT2D eigenvalue weighted by Gasteiger charge is 2.13. The number of H-pyrrole nitrogens is 1. The summed E-state index contributed by atoms with van der Waals surface area (Å²) in [4.78, 5) is 28.0. The fourth-order valence-corrected chi connectivity index (χ4v) is 3.26. The van der Waals surface area contributed by atoms with Crippen LogP contribution in [0, 0.1) is 0 Å². The number of carbonyl (C=O) groups is 1. The smallest absolute Gasteiger partial charge is 0.280 e. The van der Waals surface area contributed by atoms with Gasteiger partial charge >= 0.3 is 0 Å². The van der Waals surface area contributed by atoms with Gasteiger partial charge in [0.2, 0.25) is 0 Å². The van der Waals surface area contributed by atoms with E-state index in [1.165, 1.54) is 11.3 Å². The van der Waals surface area contributed by atoms with E-state index in [9.17, 15) is 4.79 Å². The molecule has 8 heteroatoms. The van der Waals surface area contributed by atoms with Gasteiger partial charge in [-0.3, -0.25) is 9.78 Å². The fraction of sp³-hybridized carbons (Fsp3) is 0.0667. The number of aromatic nitrogens is 4. The maximum absolute atomic E-state index is 12.2. The molecule has 0 saturated heterocycles. The standard InChI is InChI=1S/C15H10ClN5OS/c16-8-1-2-9-10(5-8)20-13(19-9)7-18-14(22)15-21-11-6-17-4-3-12(11)23-15/h1-6H,7H2,(H,18,22)(H,19,20). The highest BCUT2D eigenvalue weighted by Crippen LogP contribution is 2.21. The van der Waals surface area contributed by atoms with Gasteiger partial charge in [-0.2, -0.15) is 0 Å². The van der Waals surface area contributed by atoms with Crippen LogP contribution in [0.25, 0.3) is 21.3 Å². The average Bonchev–Trinajstić information content (AvgIpc) is 3.15. The minimum absolute atomic E-state index is 0.232. The molecule has 4 rings (SSSR count). The first kappa shape index (κ1) is 14.1. The van der Waals surface area contributed by atoms with Gasteiger partial charge in [0.05, 0.1) is 28.5 Å². The minimum atomic E-state index is -0.232. The van der Waals surface area contributed by atoms with Crippen molar-refractivity contribution in [1.29, 1.82) is 0 Å². The topological polar surface area (TPSA) is 83.6 Å². The monoisotopic (exact) mass is 343 g/mol. The Morgan fingerprint density at radius 1 is 1.26 bits per heavy atom. The molecule has 0 unspecified atom stereocenters. The Morgan fingerprint density at radius 2 is 2.17 bits per heavy atom. The van der Waals surface area contributed by atoms with E-state index in [0.717, 1.165) is 21.3 Å². The number of hydrogen-bond acceptors (Lipinski definition) is 5. The van der Waals surface area contributed by atoms with Crippen LogP contribution >= 0.6 is 22.9 Å². The first-order valence-corrected chi connectivity index (χ1v) is 8.01. The molecule has 6 nitrogen and oxygen atoms in total. The van der Waals surface area contributed by atoms with Crippen LogP contribution in [0.3, 0.4) is 0 Å². The van der Waals surface area contributed by atoms with E-state index >= 15 is 0 Å². The van der Waals surface area contributed by atoms with Crippen molar-refractivity contribution in [2.45, 2.75) is 6.54 Å². The van der Waals surface area contributed by atoms with Crippen LogP contribution in [-0.2, 0) is 6.54 Å². The number of aromatic amines is 1. The van der Waals surface area contributed by atoms with Gasteiger partial charge in [0.25, 0.3) is 5.91 Å². The number of rotatable bonds is 3. The van der Waals surface area contributed by atoms with Crippen molar-refractivity contribution in [3.8, 4) is 0 Å². The van der Waals surface area contributed by atoms with E-state index in [1.54, 1.807) is 24.5 Å². The van der Waals surface area contributed by atoms with Crippen LogP contribution in [0.2, 0.25) is 5.02 Å². The first-order chi connectivity index (χ1) is 11.2. The van der Waals surface area contributed by atoms with Crippen LogP contribution in [0.15, 0.2) is 36.7 Å². The summed E-state index contributed by atoms with van der Waals surface area (Å²) in [6.07, 6.45) is 3.33. The van der Waals surface area contributed by atoms with Gasteiger partial charge in [0.15, 0.2) is 5.01 Å². The molecular formula is C15H10ClN5OS. The van der Waals surface area contributed by atoms with Gasteiger partial charge in [0.1, 0.15) is 11.3 Å². The summed E-state index contributed by atoms with van der Waals surface area (Å²) in [6, 6.07) is 7.25. The van der Waals surface area contributed by atoms with Gasteiger partial charge in [-0.15, -0.1) is 11.3 Å². The molecule has 0 aliphatic carbocycles. The molecule has 0 spiro atoms. The summed E-state index contributed by atoms with van der Waals surface area (Å²) in [6.45, 7) is 0.291. The number of nitrogens with one attached hydrogen (secondary N) is 2. The van der Waals surface area contributed by atoms with Crippen LogP contribution in [0.1, 0.15) is 15.6 Å². The van der Waals surface area contributed by atoms with Crippen molar-refractivity contribution in [2.75, 3.05) is 0 Å². The van der Waals surface area contributed by atoms with E-state index in [1.807, 2.05) is 12.1 Å². The molecular weight excluding hydrogens is 334 g/mol. The SMILES string of the molecule is O=C(NCc1nc2ccc(Cl)cc2[nH]1)c1nc2cnccc2s1. The van der Waals surface area contributed by atoms with E-state index in [2.05, 4.69) is 25.3 Å². The third-order valence-electron chi connectivity index (χ3n) is 3.29. The van der Waals surface area contributed by atoms with Gasteiger partial charge in [-0.05, 0) is 24.3 Å². The number of pyridine rings is 1. The Labute approximate surface area is 139 Å². The van der Waals surface area contributed by atoms with E-state index in [-0.39, 0.29) is 5.91 Å². The Morgan fingerprint density at radius 3 is 3.04 bits per heavy atom. The number of hydrogen-bond donors (Lipinski definition) is 2. The van der Waals surface area contributed by atoms with E-state index < -0.39 is 0 Å². The molecule has 3 aromatic heterocycles. The molecule has 23 heavy (non-hydrogen) atoms. The largest absolute Gasteiger partial charge is 0.343 e. The molecule has 0 atom stereocenters. The number of imidazole rings is 1. The van der Waals surface area contributed by atoms with Gasteiger partial charge in [-0.25, -0.2) is 9.97 Å². The lowest BCUT2D eigenvalue weighted by Crippen LogP contribution is -2.23. The summed E-state index contributed by atoms with van der Waals surface area (Å²) < 4.78 is 0.934. The van der Waals surface area contributed by atoms with Crippen LogP contribution in [-0.4, -0.2) is 25.8 Å². The van der Waals surface area contributed by atoms with Crippen molar-refractivity contribution >= 4 is 50.1 Å². The average molecular weight is 344 g/mol. The van der Waals surface area contributed by atoms with E-state index in [4.69, 9.17) is 11.6 Å². The number of amides is 1. The zero-order chi connectivity index (χ0) is 15.8. The van der Waals surface area contributed by atoms with Crippen molar-refractivity contribution in [2.24, 2.45) is 0 Å². The summed E-state index contributed by atoms with van der Waals surface area (Å²) in [5, 5.41) is 3.86. The van der Waals surface area contributed by atoms with E-state index in [0.29, 0.717) is 22.4 Å². The molecule has 0 aliphatic rings. The molecule has 0 saturated carbocycles.